The Morgan fingerprint density at radius 3 is 2.61 bits per heavy atom. The number of hydrogen-bond acceptors (Lipinski definition) is 5. The summed E-state index contributed by atoms with van der Waals surface area (Å²) in [6.45, 7) is 5.00. The van der Waals surface area contributed by atoms with Gasteiger partial charge in [-0.05, 0) is 31.9 Å². The summed E-state index contributed by atoms with van der Waals surface area (Å²) in [5, 5.41) is 6.12. The third kappa shape index (κ3) is 4.90. The molecule has 0 fully saturated rings. The minimum Gasteiger partial charge on any atom is -0.360 e. The van der Waals surface area contributed by atoms with Crippen LogP contribution >= 0.6 is 0 Å². The maximum Gasteiger partial charge on any atom is 0.243 e. The van der Waals surface area contributed by atoms with Crippen molar-refractivity contribution in [3.63, 3.8) is 0 Å². The van der Waals surface area contributed by atoms with Gasteiger partial charge >= 0.3 is 0 Å². The van der Waals surface area contributed by atoms with Gasteiger partial charge in [0.25, 0.3) is 0 Å². The first-order valence-electron chi connectivity index (χ1n) is 7.05. The van der Waals surface area contributed by atoms with Crippen molar-refractivity contribution in [3.8, 4) is 0 Å². The Kier molecular flexibility index (Phi) is 5.17. The van der Waals surface area contributed by atoms with Crippen LogP contribution in [-0.4, -0.2) is 25.5 Å². The van der Waals surface area contributed by atoms with Gasteiger partial charge in [-0.15, -0.1) is 0 Å². The van der Waals surface area contributed by atoms with Crippen LogP contribution in [0.4, 0.5) is 5.82 Å². The molecule has 0 bridgehead atoms. The van der Waals surface area contributed by atoms with Crippen LogP contribution in [0.1, 0.15) is 23.8 Å². The van der Waals surface area contributed by atoms with E-state index in [1.54, 1.807) is 25.1 Å². The lowest BCUT2D eigenvalue weighted by Gasteiger charge is -2.14. The molecule has 7 nitrogen and oxygen atoms in total. The zero-order chi connectivity index (χ0) is 17.0. The number of carbonyl (C=O) groups is 1. The maximum atomic E-state index is 12.2. The number of nitrogens with zero attached hydrogens (tertiary/aromatic N) is 1. The molecular formula is C15H19N3O4S. The number of carbonyl (C=O) groups excluding carboxylic acids is 1. The fraction of sp³-hybridized carbons (Fsp3) is 0.333. The minimum absolute atomic E-state index is 0.180. The molecule has 1 atom stereocenters. The second-order valence-corrected chi connectivity index (χ2v) is 7.09. The van der Waals surface area contributed by atoms with Crippen LogP contribution in [-0.2, 0) is 20.6 Å². The number of benzene rings is 1. The first-order chi connectivity index (χ1) is 10.8. The van der Waals surface area contributed by atoms with Crippen LogP contribution in [0.5, 0.6) is 0 Å². The van der Waals surface area contributed by atoms with Crippen molar-refractivity contribution in [1.82, 2.24) is 9.88 Å². The Balaban J connectivity index is 1.99. The van der Waals surface area contributed by atoms with Crippen LogP contribution in [0.2, 0.25) is 0 Å². The van der Waals surface area contributed by atoms with Crippen molar-refractivity contribution in [1.29, 1.82) is 0 Å². The van der Waals surface area contributed by atoms with Gasteiger partial charge in [-0.1, -0.05) is 29.4 Å². The molecule has 1 amide bonds. The van der Waals surface area contributed by atoms with Crippen molar-refractivity contribution >= 4 is 21.7 Å². The fourth-order valence-electron chi connectivity index (χ4n) is 2.00. The summed E-state index contributed by atoms with van der Waals surface area (Å²) in [4.78, 5) is 12.0. The van der Waals surface area contributed by atoms with Crippen LogP contribution in [0.25, 0.3) is 0 Å². The van der Waals surface area contributed by atoms with Crippen LogP contribution in [0.3, 0.4) is 0 Å². The van der Waals surface area contributed by atoms with Gasteiger partial charge in [0, 0.05) is 6.07 Å². The molecule has 0 radical (unpaired) electrons. The van der Waals surface area contributed by atoms with Gasteiger partial charge in [0.1, 0.15) is 5.76 Å². The van der Waals surface area contributed by atoms with Gasteiger partial charge in [-0.25, -0.2) is 13.1 Å². The quantitative estimate of drug-likeness (QED) is 0.836. The Hall–Kier alpha value is -2.19. The predicted octanol–water partition coefficient (Wildman–Crippen LogP) is 1.74. The lowest BCUT2D eigenvalue weighted by Crippen LogP contribution is -2.42. The van der Waals surface area contributed by atoms with Gasteiger partial charge in [-0.2, -0.15) is 0 Å². The Labute approximate surface area is 135 Å². The van der Waals surface area contributed by atoms with E-state index in [-0.39, 0.29) is 11.6 Å². The largest absolute Gasteiger partial charge is 0.360 e. The number of anilines is 1. The summed E-state index contributed by atoms with van der Waals surface area (Å²) in [6.07, 6.45) is 0. The van der Waals surface area contributed by atoms with E-state index in [2.05, 4.69) is 15.2 Å². The highest BCUT2D eigenvalue weighted by atomic mass is 32.2. The van der Waals surface area contributed by atoms with Crippen molar-refractivity contribution in [2.45, 2.75) is 32.6 Å². The van der Waals surface area contributed by atoms with E-state index in [4.69, 9.17) is 4.52 Å². The topological polar surface area (TPSA) is 101 Å². The number of amides is 1. The van der Waals surface area contributed by atoms with Crippen molar-refractivity contribution in [2.75, 3.05) is 5.32 Å². The summed E-state index contributed by atoms with van der Waals surface area (Å²) >= 11 is 0. The fourth-order valence-corrected chi connectivity index (χ4v) is 3.46. The van der Waals surface area contributed by atoms with Crippen LogP contribution < -0.4 is 10.0 Å². The normalized spacial score (nSPS) is 12.8. The lowest BCUT2D eigenvalue weighted by atomic mass is 10.1. The molecule has 0 aliphatic heterocycles. The standard InChI is InChI=1S/C15H19N3O4S/c1-10-6-4-5-7-13(10)9-23(20,21)18-12(3)15(19)16-14-8-11(2)22-17-14/h4-8,12,18H,9H2,1-3H3,(H,16,17,19)/t12-/m0/s1. The average molecular weight is 337 g/mol. The lowest BCUT2D eigenvalue weighted by molar-refractivity contribution is -0.117. The number of aromatic nitrogens is 1. The molecule has 0 unspecified atom stereocenters. The smallest absolute Gasteiger partial charge is 0.243 e. The van der Waals surface area contributed by atoms with Gasteiger partial charge in [0.15, 0.2) is 5.82 Å². The van der Waals surface area contributed by atoms with Crippen LogP contribution in [0, 0.1) is 13.8 Å². The van der Waals surface area contributed by atoms with Crippen molar-refractivity contribution < 1.29 is 17.7 Å². The average Bonchev–Trinajstić information content (AvgIpc) is 2.86. The van der Waals surface area contributed by atoms with E-state index in [1.165, 1.54) is 6.92 Å². The van der Waals surface area contributed by atoms with Gasteiger partial charge < -0.3 is 9.84 Å². The Morgan fingerprint density at radius 1 is 1.30 bits per heavy atom. The van der Waals surface area contributed by atoms with Crippen molar-refractivity contribution in [3.05, 3.63) is 47.2 Å². The number of sulfonamides is 1. The van der Waals surface area contributed by atoms with E-state index in [1.807, 2.05) is 19.1 Å². The molecular weight excluding hydrogens is 318 g/mol. The molecule has 2 rings (SSSR count). The number of rotatable bonds is 6. The van der Waals surface area contributed by atoms with Gasteiger partial charge in [0.05, 0.1) is 11.8 Å². The molecule has 0 saturated carbocycles. The summed E-state index contributed by atoms with van der Waals surface area (Å²) < 4.78 is 31.6. The minimum atomic E-state index is -3.64. The van der Waals surface area contributed by atoms with Gasteiger partial charge in [0.2, 0.25) is 15.9 Å². The number of hydrogen-bond donors (Lipinski definition) is 2. The number of aryl methyl sites for hydroxylation is 2. The SMILES string of the molecule is Cc1cc(NC(=O)[C@H](C)NS(=O)(=O)Cc2ccccc2C)no1. The number of nitrogens with one attached hydrogen (secondary N) is 2. The van der Waals surface area contributed by atoms with Crippen molar-refractivity contribution in [2.24, 2.45) is 0 Å². The summed E-state index contributed by atoms with van der Waals surface area (Å²) in [5.74, 6) is 0.109. The van der Waals surface area contributed by atoms with Gasteiger partial charge in [-0.3, -0.25) is 4.79 Å². The summed E-state index contributed by atoms with van der Waals surface area (Å²) in [5.41, 5.74) is 1.58. The molecule has 0 aliphatic rings. The molecule has 2 aromatic rings. The molecule has 0 aliphatic carbocycles. The van der Waals surface area contributed by atoms with E-state index >= 15 is 0 Å². The first-order valence-corrected chi connectivity index (χ1v) is 8.71. The van der Waals surface area contributed by atoms with E-state index in [9.17, 15) is 13.2 Å². The van der Waals surface area contributed by atoms with Crippen LogP contribution in [0.15, 0.2) is 34.9 Å². The molecule has 23 heavy (non-hydrogen) atoms. The monoisotopic (exact) mass is 337 g/mol. The molecule has 2 N–H and O–H groups in total. The second-order valence-electron chi connectivity index (χ2n) is 5.34. The maximum absolute atomic E-state index is 12.2. The zero-order valence-corrected chi connectivity index (χ0v) is 14.0. The second kappa shape index (κ2) is 6.93. The summed E-state index contributed by atoms with van der Waals surface area (Å²) in [7, 11) is -3.64. The Morgan fingerprint density at radius 2 is 2.00 bits per heavy atom. The first kappa shape index (κ1) is 17.2. The molecule has 1 aromatic carbocycles. The molecule has 124 valence electrons. The zero-order valence-electron chi connectivity index (χ0n) is 13.2. The molecule has 1 aromatic heterocycles. The highest BCUT2D eigenvalue weighted by Gasteiger charge is 2.22. The predicted molar refractivity (Wildman–Crippen MR) is 86.3 cm³/mol. The summed E-state index contributed by atoms with van der Waals surface area (Å²) in [6, 6.07) is 7.83. The van der Waals surface area contributed by atoms with E-state index < -0.39 is 22.0 Å². The highest BCUT2D eigenvalue weighted by molar-refractivity contribution is 7.88. The molecule has 8 heteroatoms. The molecule has 0 spiro atoms. The van der Waals surface area contributed by atoms with E-state index in [0.717, 1.165) is 5.56 Å². The van der Waals surface area contributed by atoms with E-state index in [0.29, 0.717) is 11.3 Å². The highest BCUT2D eigenvalue weighted by Crippen LogP contribution is 2.11. The third-order valence-corrected chi connectivity index (χ3v) is 4.64. The Bertz CT molecular complexity index is 799. The third-order valence-electron chi connectivity index (χ3n) is 3.24. The molecule has 1 heterocycles. The molecule has 0 saturated heterocycles.